The molecule has 2 aromatic carbocycles. The Morgan fingerprint density at radius 1 is 1.17 bits per heavy atom. The van der Waals surface area contributed by atoms with Crippen LogP contribution in [0.15, 0.2) is 53.4 Å². The molecule has 0 aliphatic rings. The zero-order valence-electron chi connectivity index (χ0n) is 12.5. The molecular weight excluding hydrogens is 318 g/mol. The molecule has 0 aromatic heterocycles. The third-order valence-corrected chi connectivity index (χ3v) is 4.89. The number of hydrogen-bond acceptors (Lipinski definition) is 5. The Morgan fingerprint density at radius 2 is 1.87 bits per heavy atom. The lowest BCUT2D eigenvalue weighted by molar-refractivity contribution is 0.155. The van der Waals surface area contributed by atoms with Gasteiger partial charge in [-0.25, -0.2) is 13.2 Å². The van der Waals surface area contributed by atoms with Gasteiger partial charge in [-0.05, 0) is 23.8 Å². The summed E-state index contributed by atoms with van der Waals surface area (Å²) >= 11 is 0. The van der Waals surface area contributed by atoms with Gasteiger partial charge < -0.3 is 9.84 Å². The fraction of sp³-hybridized carbons (Fsp3) is 0.188. The Labute approximate surface area is 134 Å². The van der Waals surface area contributed by atoms with Crippen LogP contribution in [0.2, 0.25) is 0 Å². The van der Waals surface area contributed by atoms with Gasteiger partial charge in [0.15, 0.2) is 9.84 Å². The van der Waals surface area contributed by atoms with Crippen molar-refractivity contribution >= 4 is 21.6 Å². The van der Waals surface area contributed by atoms with E-state index in [4.69, 9.17) is 4.74 Å². The van der Waals surface area contributed by atoms with Crippen molar-refractivity contribution in [3.63, 3.8) is 0 Å². The van der Waals surface area contributed by atoms with E-state index in [0.717, 1.165) is 5.56 Å². The number of nitrogens with one attached hydrogen (secondary N) is 1. The fourth-order valence-corrected chi connectivity index (χ4v) is 2.75. The summed E-state index contributed by atoms with van der Waals surface area (Å²) < 4.78 is 28.7. The van der Waals surface area contributed by atoms with E-state index in [-0.39, 0.29) is 28.7 Å². The molecular formula is C16H17NO5S. The predicted molar refractivity (Wildman–Crippen MR) is 86.1 cm³/mol. The highest BCUT2D eigenvalue weighted by Gasteiger charge is 2.15. The first-order valence-corrected chi connectivity index (χ1v) is 8.61. The molecule has 6 nitrogen and oxygen atoms in total. The molecule has 23 heavy (non-hydrogen) atoms. The zero-order valence-corrected chi connectivity index (χ0v) is 13.3. The van der Waals surface area contributed by atoms with E-state index in [1.165, 1.54) is 25.1 Å². The van der Waals surface area contributed by atoms with Gasteiger partial charge in [-0.3, -0.25) is 5.32 Å². The molecule has 2 rings (SSSR count). The molecule has 2 aromatic rings. The number of carbonyl (C=O) groups excluding carboxylic acids is 1. The normalized spacial score (nSPS) is 11.0. The van der Waals surface area contributed by atoms with Gasteiger partial charge in [0.1, 0.15) is 12.4 Å². The van der Waals surface area contributed by atoms with E-state index in [0.29, 0.717) is 0 Å². The SMILES string of the molecule is CCS(=O)(=O)c1ccc(O)c(NC(=O)OCc2ccccc2)c1. The highest BCUT2D eigenvalue weighted by Crippen LogP contribution is 2.27. The molecule has 0 aliphatic carbocycles. The van der Waals surface area contributed by atoms with Gasteiger partial charge >= 0.3 is 6.09 Å². The highest BCUT2D eigenvalue weighted by molar-refractivity contribution is 7.91. The maximum atomic E-state index is 11.8. The van der Waals surface area contributed by atoms with Crippen LogP contribution in [0, 0.1) is 0 Å². The smallest absolute Gasteiger partial charge is 0.412 e. The molecule has 122 valence electrons. The Balaban J connectivity index is 2.07. The van der Waals surface area contributed by atoms with Crippen molar-refractivity contribution in [1.29, 1.82) is 0 Å². The van der Waals surface area contributed by atoms with Crippen molar-refractivity contribution in [2.45, 2.75) is 18.4 Å². The predicted octanol–water partition coefficient (Wildman–Crippen LogP) is 2.93. The van der Waals surface area contributed by atoms with Crippen molar-refractivity contribution < 1.29 is 23.1 Å². The number of carbonyl (C=O) groups is 1. The molecule has 0 fully saturated rings. The van der Waals surface area contributed by atoms with Crippen LogP contribution in [0.1, 0.15) is 12.5 Å². The molecule has 0 radical (unpaired) electrons. The number of amides is 1. The number of sulfone groups is 1. The highest BCUT2D eigenvalue weighted by atomic mass is 32.2. The van der Waals surface area contributed by atoms with Crippen molar-refractivity contribution in [3.05, 3.63) is 54.1 Å². The first-order chi connectivity index (χ1) is 10.9. The van der Waals surface area contributed by atoms with Crippen LogP contribution in [0.5, 0.6) is 5.75 Å². The number of phenolic OH excluding ortho intramolecular Hbond substituents is 1. The Morgan fingerprint density at radius 3 is 2.52 bits per heavy atom. The van der Waals surface area contributed by atoms with E-state index >= 15 is 0 Å². The number of ether oxygens (including phenoxy) is 1. The van der Waals surface area contributed by atoms with Crippen LogP contribution in [0.4, 0.5) is 10.5 Å². The lowest BCUT2D eigenvalue weighted by Crippen LogP contribution is -2.14. The van der Waals surface area contributed by atoms with Gasteiger partial charge in [-0.1, -0.05) is 37.3 Å². The van der Waals surface area contributed by atoms with Gasteiger partial charge in [0.25, 0.3) is 0 Å². The molecule has 7 heteroatoms. The second-order valence-electron chi connectivity index (χ2n) is 4.77. The first kappa shape index (κ1) is 16.8. The molecule has 0 spiro atoms. The third-order valence-electron chi connectivity index (χ3n) is 3.16. The summed E-state index contributed by atoms with van der Waals surface area (Å²) in [6.45, 7) is 1.59. The summed E-state index contributed by atoms with van der Waals surface area (Å²) in [4.78, 5) is 11.8. The monoisotopic (exact) mass is 335 g/mol. The summed E-state index contributed by atoms with van der Waals surface area (Å²) in [5.41, 5.74) is 0.798. The topological polar surface area (TPSA) is 92.7 Å². The molecule has 2 N–H and O–H groups in total. The quantitative estimate of drug-likeness (QED) is 0.820. The number of aromatic hydroxyl groups is 1. The van der Waals surface area contributed by atoms with E-state index < -0.39 is 15.9 Å². The second kappa shape index (κ2) is 7.15. The molecule has 1 amide bonds. The number of rotatable bonds is 5. The van der Waals surface area contributed by atoms with Crippen molar-refractivity contribution in [2.24, 2.45) is 0 Å². The lowest BCUT2D eigenvalue weighted by atomic mass is 10.2. The van der Waals surface area contributed by atoms with Crippen LogP contribution in [0.25, 0.3) is 0 Å². The van der Waals surface area contributed by atoms with E-state index in [2.05, 4.69) is 5.32 Å². The summed E-state index contributed by atoms with van der Waals surface area (Å²) in [6.07, 6.45) is -0.782. The van der Waals surface area contributed by atoms with Gasteiger partial charge in [-0.2, -0.15) is 0 Å². The summed E-state index contributed by atoms with van der Waals surface area (Å²) in [7, 11) is -3.43. The van der Waals surface area contributed by atoms with Crippen LogP contribution in [-0.4, -0.2) is 25.4 Å². The Bertz CT molecular complexity index is 787. The average molecular weight is 335 g/mol. The van der Waals surface area contributed by atoms with E-state index in [1.807, 2.05) is 18.2 Å². The Hall–Kier alpha value is -2.54. The maximum Gasteiger partial charge on any atom is 0.412 e. The van der Waals surface area contributed by atoms with Crippen molar-refractivity contribution in [3.8, 4) is 5.75 Å². The number of hydrogen-bond donors (Lipinski definition) is 2. The molecule has 0 atom stereocenters. The minimum Gasteiger partial charge on any atom is -0.506 e. The lowest BCUT2D eigenvalue weighted by Gasteiger charge is -2.10. The van der Waals surface area contributed by atoms with Gasteiger partial charge in [0.2, 0.25) is 0 Å². The van der Waals surface area contributed by atoms with Gasteiger partial charge in [-0.15, -0.1) is 0 Å². The van der Waals surface area contributed by atoms with Crippen LogP contribution in [-0.2, 0) is 21.2 Å². The fourth-order valence-electron chi connectivity index (χ4n) is 1.84. The average Bonchev–Trinajstić information content (AvgIpc) is 2.56. The van der Waals surface area contributed by atoms with Crippen molar-refractivity contribution in [1.82, 2.24) is 0 Å². The standard InChI is InChI=1S/C16H17NO5S/c1-2-23(20,21)13-8-9-15(18)14(10-13)17-16(19)22-11-12-6-4-3-5-7-12/h3-10,18H,2,11H2,1H3,(H,17,19). The number of phenols is 1. The Kier molecular flexibility index (Phi) is 5.23. The number of anilines is 1. The molecule has 0 aliphatic heterocycles. The molecule has 0 unspecified atom stereocenters. The molecule has 0 heterocycles. The minimum atomic E-state index is -3.43. The van der Waals surface area contributed by atoms with E-state index in [1.54, 1.807) is 12.1 Å². The van der Waals surface area contributed by atoms with Gasteiger partial charge in [0.05, 0.1) is 16.3 Å². The van der Waals surface area contributed by atoms with E-state index in [9.17, 15) is 18.3 Å². The maximum absolute atomic E-state index is 11.8. The summed E-state index contributed by atoms with van der Waals surface area (Å²) in [5, 5.41) is 12.1. The molecule has 0 saturated heterocycles. The van der Waals surface area contributed by atoms with Crippen LogP contribution >= 0.6 is 0 Å². The molecule has 0 saturated carbocycles. The molecule has 0 bridgehead atoms. The zero-order chi connectivity index (χ0) is 16.9. The third kappa shape index (κ3) is 4.46. The summed E-state index contributed by atoms with van der Waals surface area (Å²) in [5.74, 6) is -0.313. The van der Waals surface area contributed by atoms with Gasteiger partial charge in [0, 0.05) is 0 Å². The second-order valence-corrected chi connectivity index (χ2v) is 7.05. The van der Waals surface area contributed by atoms with Crippen molar-refractivity contribution in [2.75, 3.05) is 11.1 Å². The van der Waals surface area contributed by atoms with Crippen LogP contribution < -0.4 is 5.32 Å². The number of benzene rings is 2. The largest absolute Gasteiger partial charge is 0.506 e. The first-order valence-electron chi connectivity index (χ1n) is 6.96. The van der Waals surface area contributed by atoms with Crippen LogP contribution in [0.3, 0.4) is 0 Å². The summed E-state index contributed by atoms with van der Waals surface area (Å²) in [6, 6.07) is 12.8. The minimum absolute atomic E-state index is 0.0161.